The molecule has 0 radical (unpaired) electrons. The molecule has 1 saturated heterocycles. The summed E-state index contributed by atoms with van der Waals surface area (Å²) in [7, 11) is 3.90. The van der Waals surface area contributed by atoms with Gasteiger partial charge < -0.3 is 15.1 Å². The summed E-state index contributed by atoms with van der Waals surface area (Å²) in [6.07, 6.45) is 10.9. The lowest BCUT2D eigenvalue weighted by Crippen LogP contribution is -2.45. The maximum atomic E-state index is 12.3. The van der Waals surface area contributed by atoms with Crippen LogP contribution in [0.4, 0.5) is 11.8 Å². The van der Waals surface area contributed by atoms with Gasteiger partial charge in [-0.15, -0.1) is 0 Å². The number of hydrogen-bond acceptors (Lipinski definition) is 5. The van der Waals surface area contributed by atoms with Crippen LogP contribution in [0, 0.1) is 5.92 Å². The second-order valence-electron chi connectivity index (χ2n) is 7.65. The third-order valence-electron chi connectivity index (χ3n) is 5.41. The number of carbonyl (C=O) groups excluding carboxylic acids is 1. The van der Waals surface area contributed by atoms with Crippen LogP contribution >= 0.6 is 0 Å². The van der Waals surface area contributed by atoms with Crippen molar-refractivity contribution in [1.29, 1.82) is 0 Å². The lowest BCUT2D eigenvalue weighted by Gasteiger charge is -2.33. The summed E-state index contributed by atoms with van der Waals surface area (Å²) in [5.41, 5.74) is 0. The molecule has 2 heterocycles. The van der Waals surface area contributed by atoms with Crippen LogP contribution in [0.2, 0.25) is 0 Å². The van der Waals surface area contributed by atoms with Crippen molar-refractivity contribution in [3.8, 4) is 0 Å². The highest BCUT2D eigenvalue weighted by Crippen LogP contribution is 2.26. The van der Waals surface area contributed by atoms with Crippen LogP contribution in [0.1, 0.15) is 51.4 Å². The van der Waals surface area contributed by atoms with Gasteiger partial charge in [0.25, 0.3) is 0 Å². The molecule has 0 unspecified atom stereocenters. The molecule has 1 aromatic heterocycles. The zero-order chi connectivity index (χ0) is 17.6. The first-order valence-corrected chi connectivity index (χ1v) is 9.66. The molecule has 1 aromatic rings. The van der Waals surface area contributed by atoms with E-state index in [1.54, 1.807) is 0 Å². The molecule has 25 heavy (non-hydrogen) atoms. The van der Waals surface area contributed by atoms with E-state index < -0.39 is 0 Å². The molecular weight excluding hydrogens is 314 g/mol. The molecule has 1 N–H and O–H groups in total. The fourth-order valence-electron chi connectivity index (χ4n) is 3.92. The summed E-state index contributed by atoms with van der Waals surface area (Å²) >= 11 is 0. The van der Waals surface area contributed by atoms with Crippen LogP contribution in [0.5, 0.6) is 0 Å². The molecule has 138 valence electrons. The predicted molar refractivity (Wildman–Crippen MR) is 101 cm³/mol. The Labute approximate surface area is 151 Å². The largest absolute Gasteiger partial charge is 0.356 e. The highest BCUT2D eigenvalue weighted by atomic mass is 16.1. The summed E-state index contributed by atoms with van der Waals surface area (Å²) in [5.74, 6) is 2.58. The number of amides is 1. The van der Waals surface area contributed by atoms with Gasteiger partial charge in [-0.2, -0.15) is 4.98 Å². The number of piperidine rings is 1. The van der Waals surface area contributed by atoms with E-state index >= 15 is 0 Å². The Morgan fingerprint density at radius 3 is 2.60 bits per heavy atom. The topological polar surface area (TPSA) is 61.4 Å². The second-order valence-corrected chi connectivity index (χ2v) is 7.65. The number of anilines is 2. The number of aromatic nitrogens is 2. The number of nitrogens with one attached hydrogen (secondary N) is 1. The van der Waals surface area contributed by atoms with Gasteiger partial charge in [-0.25, -0.2) is 4.98 Å². The van der Waals surface area contributed by atoms with Crippen molar-refractivity contribution in [1.82, 2.24) is 15.3 Å². The predicted octanol–water partition coefficient (Wildman–Crippen LogP) is 2.60. The van der Waals surface area contributed by atoms with Crippen LogP contribution in [0.15, 0.2) is 12.3 Å². The molecular formula is C19H31N5O. The van der Waals surface area contributed by atoms with Gasteiger partial charge in [0, 0.05) is 45.8 Å². The van der Waals surface area contributed by atoms with Crippen molar-refractivity contribution < 1.29 is 4.79 Å². The van der Waals surface area contributed by atoms with E-state index in [2.05, 4.69) is 20.2 Å². The lowest BCUT2D eigenvalue weighted by molar-refractivity contribution is -0.123. The highest BCUT2D eigenvalue weighted by molar-refractivity contribution is 5.76. The number of rotatable bonds is 5. The van der Waals surface area contributed by atoms with Gasteiger partial charge in [0.2, 0.25) is 11.9 Å². The van der Waals surface area contributed by atoms with E-state index in [0.717, 1.165) is 44.1 Å². The molecule has 2 aliphatic rings. The van der Waals surface area contributed by atoms with Gasteiger partial charge in [-0.05, 0) is 37.7 Å². The number of hydrogen-bond donors (Lipinski definition) is 1. The molecule has 0 spiro atoms. The molecule has 6 nitrogen and oxygen atoms in total. The molecule has 1 aliphatic carbocycles. The van der Waals surface area contributed by atoms with Crippen molar-refractivity contribution in [3.05, 3.63) is 12.3 Å². The van der Waals surface area contributed by atoms with Crippen molar-refractivity contribution in [2.24, 2.45) is 5.92 Å². The Bertz CT molecular complexity index is 563. The average Bonchev–Trinajstić information content (AvgIpc) is 2.63. The minimum Gasteiger partial charge on any atom is -0.356 e. The summed E-state index contributed by atoms with van der Waals surface area (Å²) in [6.45, 7) is 1.86. The fraction of sp³-hybridized carbons (Fsp3) is 0.737. The molecule has 1 amide bonds. The average molecular weight is 345 g/mol. The zero-order valence-electron chi connectivity index (χ0n) is 15.6. The van der Waals surface area contributed by atoms with E-state index in [-0.39, 0.29) is 5.91 Å². The van der Waals surface area contributed by atoms with Gasteiger partial charge in [-0.3, -0.25) is 4.79 Å². The maximum absolute atomic E-state index is 12.3. The molecule has 0 aromatic carbocycles. The molecule has 0 atom stereocenters. The molecule has 2 fully saturated rings. The smallest absolute Gasteiger partial charge is 0.226 e. The quantitative estimate of drug-likeness (QED) is 0.889. The SMILES string of the molecule is CN(C)c1nccc(N2CCC(NC(=O)CC3CCCCC3)CC2)n1. The third-order valence-corrected chi connectivity index (χ3v) is 5.41. The van der Waals surface area contributed by atoms with E-state index in [0.29, 0.717) is 12.0 Å². The van der Waals surface area contributed by atoms with Crippen LogP contribution in [-0.2, 0) is 4.79 Å². The summed E-state index contributed by atoms with van der Waals surface area (Å²) in [4.78, 5) is 25.4. The van der Waals surface area contributed by atoms with Gasteiger partial charge in [0.1, 0.15) is 5.82 Å². The summed E-state index contributed by atoms with van der Waals surface area (Å²) < 4.78 is 0. The Kier molecular flexibility index (Phi) is 6.10. The molecule has 6 heteroatoms. The van der Waals surface area contributed by atoms with Gasteiger partial charge >= 0.3 is 0 Å². The maximum Gasteiger partial charge on any atom is 0.226 e. The van der Waals surface area contributed by atoms with Crippen LogP contribution < -0.4 is 15.1 Å². The minimum atomic E-state index is 0.252. The molecule has 1 saturated carbocycles. The Morgan fingerprint density at radius 2 is 1.92 bits per heavy atom. The van der Waals surface area contributed by atoms with E-state index in [1.165, 1.54) is 32.1 Å². The molecule has 0 bridgehead atoms. The van der Waals surface area contributed by atoms with Crippen molar-refractivity contribution >= 4 is 17.7 Å². The standard InChI is InChI=1S/C19H31N5O/c1-23(2)19-20-11-8-17(22-19)24-12-9-16(10-13-24)21-18(25)14-15-6-4-3-5-7-15/h8,11,15-16H,3-7,9-10,12-14H2,1-2H3,(H,21,25). The van der Waals surface area contributed by atoms with Gasteiger partial charge in [0.15, 0.2) is 0 Å². The first kappa shape index (κ1) is 18.0. The van der Waals surface area contributed by atoms with Crippen molar-refractivity contribution in [3.63, 3.8) is 0 Å². The third kappa shape index (κ3) is 5.06. The molecule has 1 aliphatic heterocycles. The lowest BCUT2D eigenvalue weighted by atomic mass is 9.86. The first-order chi connectivity index (χ1) is 12.1. The van der Waals surface area contributed by atoms with E-state index in [9.17, 15) is 4.79 Å². The summed E-state index contributed by atoms with van der Waals surface area (Å²) in [5, 5.41) is 3.26. The molecule has 3 rings (SSSR count). The summed E-state index contributed by atoms with van der Waals surface area (Å²) in [6, 6.07) is 2.28. The second kappa shape index (κ2) is 8.50. The Balaban J connectivity index is 1.45. The van der Waals surface area contributed by atoms with Crippen LogP contribution in [0.25, 0.3) is 0 Å². The van der Waals surface area contributed by atoms with Crippen LogP contribution in [-0.4, -0.2) is 49.1 Å². The first-order valence-electron chi connectivity index (χ1n) is 9.66. The van der Waals surface area contributed by atoms with E-state index in [1.807, 2.05) is 31.3 Å². The monoisotopic (exact) mass is 345 g/mol. The van der Waals surface area contributed by atoms with Crippen molar-refractivity contribution in [2.45, 2.75) is 57.4 Å². The minimum absolute atomic E-state index is 0.252. The van der Waals surface area contributed by atoms with Crippen LogP contribution in [0.3, 0.4) is 0 Å². The van der Waals surface area contributed by atoms with Gasteiger partial charge in [0.05, 0.1) is 0 Å². The highest BCUT2D eigenvalue weighted by Gasteiger charge is 2.23. The van der Waals surface area contributed by atoms with Gasteiger partial charge in [-0.1, -0.05) is 19.3 Å². The van der Waals surface area contributed by atoms with E-state index in [4.69, 9.17) is 0 Å². The number of carbonyl (C=O) groups is 1. The fourth-order valence-corrected chi connectivity index (χ4v) is 3.92. The zero-order valence-corrected chi connectivity index (χ0v) is 15.6. The van der Waals surface area contributed by atoms with Crippen molar-refractivity contribution in [2.75, 3.05) is 37.0 Å². The Hall–Kier alpha value is -1.85. The normalized spacial score (nSPS) is 19.7. The Morgan fingerprint density at radius 1 is 1.20 bits per heavy atom. The number of nitrogens with zero attached hydrogens (tertiary/aromatic N) is 4.